The van der Waals surface area contributed by atoms with Crippen molar-refractivity contribution in [3.63, 3.8) is 0 Å². The first kappa shape index (κ1) is 18.5. The van der Waals surface area contributed by atoms with E-state index in [0.29, 0.717) is 0 Å². The molecule has 1 aromatic heterocycles. The SMILES string of the molecule is CC12C=CC=C[C@@H]1N(c1cccc(-n3c4ccccc4c4ccccc43)c1)c1ccccc12. The lowest BCUT2D eigenvalue weighted by Crippen LogP contribution is -2.39. The zero-order valence-electron chi connectivity index (χ0n) is 18.5. The predicted octanol–water partition coefficient (Wildman–Crippen LogP) is 7.69. The first-order chi connectivity index (χ1) is 16.3. The summed E-state index contributed by atoms with van der Waals surface area (Å²) in [6, 6.07) is 35.5. The van der Waals surface area contributed by atoms with Crippen molar-refractivity contribution in [2.75, 3.05) is 4.90 Å². The molecule has 33 heavy (non-hydrogen) atoms. The van der Waals surface area contributed by atoms with Gasteiger partial charge in [0.2, 0.25) is 0 Å². The van der Waals surface area contributed by atoms with Crippen molar-refractivity contribution in [1.29, 1.82) is 0 Å². The number of anilines is 2. The lowest BCUT2D eigenvalue weighted by atomic mass is 9.76. The van der Waals surface area contributed by atoms with Gasteiger partial charge in [-0.3, -0.25) is 0 Å². The molecule has 0 amide bonds. The largest absolute Gasteiger partial charge is 0.333 e. The second-order valence-corrected chi connectivity index (χ2v) is 9.25. The third-order valence-corrected chi connectivity index (χ3v) is 7.43. The van der Waals surface area contributed by atoms with E-state index in [1.54, 1.807) is 0 Å². The average Bonchev–Trinajstić information content (AvgIpc) is 3.34. The van der Waals surface area contributed by atoms with E-state index in [2.05, 4.69) is 138 Å². The molecule has 158 valence electrons. The summed E-state index contributed by atoms with van der Waals surface area (Å²) in [4.78, 5) is 2.51. The quantitative estimate of drug-likeness (QED) is 0.282. The number of hydrogen-bond donors (Lipinski definition) is 0. The van der Waals surface area contributed by atoms with Gasteiger partial charge in [-0.25, -0.2) is 0 Å². The van der Waals surface area contributed by atoms with Gasteiger partial charge in [0.05, 0.1) is 17.1 Å². The Morgan fingerprint density at radius 2 is 1.33 bits per heavy atom. The lowest BCUT2D eigenvalue weighted by molar-refractivity contribution is 0.550. The number of hydrogen-bond acceptors (Lipinski definition) is 1. The summed E-state index contributed by atoms with van der Waals surface area (Å²) in [5, 5.41) is 2.58. The number of nitrogens with zero attached hydrogens (tertiary/aromatic N) is 2. The van der Waals surface area contributed by atoms with Gasteiger partial charge in [0, 0.05) is 33.2 Å². The molecule has 0 bridgehead atoms. The van der Waals surface area contributed by atoms with Crippen LogP contribution in [0.4, 0.5) is 11.4 Å². The summed E-state index contributed by atoms with van der Waals surface area (Å²) in [7, 11) is 0. The Morgan fingerprint density at radius 3 is 2.12 bits per heavy atom. The zero-order chi connectivity index (χ0) is 22.0. The highest BCUT2D eigenvalue weighted by atomic mass is 15.2. The number of allylic oxidation sites excluding steroid dienone is 2. The van der Waals surface area contributed by atoms with Crippen molar-refractivity contribution in [3.8, 4) is 5.69 Å². The molecule has 1 aliphatic heterocycles. The lowest BCUT2D eigenvalue weighted by Gasteiger charge is -2.34. The molecule has 4 aromatic carbocycles. The van der Waals surface area contributed by atoms with E-state index in [0.717, 1.165) is 0 Å². The maximum atomic E-state index is 2.51. The molecule has 5 aromatic rings. The topological polar surface area (TPSA) is 8.17 Å². The Morgan fingerprint density at radius 1 is 0.667 bits per heavy atom. The third kappa shape index (κ3) is 2.49. The summed E-state index contributed by atoms with van der Waals surface area (Å²) in [5.41, 5.74) is 7.53. The predicted molar refractivity (Wildman–Crippen MR) is 139 cm³/mol. The smallest absolute Gasteiger partial charge is 0.0655 e. The van der Waals surface area contributed by atoms with E-state index in [1.165, 1.54) is 44.4 Å². The molecular formula is C31H24N2. The molecule has 2 heterocycles. The summed E-state index contributed by atoms with van der Waals surface area (Å²) in [6.45, 7) is 2.35. The summed E-state index contributed by atoms with van der Waals surface area (Å²) in [6.07, 6.45) is 9.06. The van der Waals surface area contributed by atoms with Crippen LogP contribution in [0, 0.1) is 0 Å². The van der Waals surface area contributed by atoms with E-state index in [9.17, 15) is 0 Å². The van der Waals surface area contributed by atoms with Crippen LogP contribution in [0.1, 0.15) is 12.5 Å². The van der Waals surface area contributed by atoms with Gasteiger partial charge in [-0.05, 0) is 48.9 Å². The maximum absolute atomic E-state index is 2.51. The van der Waals surface area contributed by atoms with E-state index >= 15 is 0 Å². The monoisotopic (exact) mass is 424 g/mol. The van der Waals surface area contributed by atoms with E-state index in [4.69, 9.17) is 0 Å². The Bertz CT molecular complexity index is 1550. The van der Waals surface area contributed by atoms with Gasteiger partial charge in [0.1, 0.15) is 0 Å². The van der Waals surface area contributed by atoms with Crippen LogP contribution in [0.2, 0.25) is 0 Å². The number of benzene rings is 4. The number of fused-ring (bicyclic) bond motifs is 6. The minimum atomic E-state index is -0.0335. The van der Waals surface area contributed by atoms with Crippen LogP contribution >= 0.6 is 0 Å². The van der Waals surface area contributed by atoms with Crippen molar-refractivity contribution < 1.29 is 0 Å². The molecule has 0 saturated heterocycles. The van der Waals surface area contributed by atoms with Gasteiger partial charge in [-0.1, -0.05) is 85.0 Å². The minimum absolute atomic E-state index is 0.0335. The molecule has 2 aliphatic rings. The fraction of sp³-hybridized carbons (Fsp3) is 0.0968. The highest BCUT2D eigenvalue weighted by molar-refractivity contribution is 6.09. The van der Waals surface area contributed by atoms with Crippen LogP contribution in [-0.2, 0) is 5.41 Å². The van der Waals surface area contributed by atoms with E-state index in [-0.39, 0.29) is 11.5 Å². The number of aromatic nitrogens is 1. The summed E-state index contributed by atoms with van der Waals surface area (Å²) < 4.78 is 2.39. The van der Waals surface area contributed by atoms with Crippen molar-refractivity contribution >= 4 is 33.2 Å². The van der Waals surface area contributed by atoms with Gasteiger partial charge in [0.25, 0.3) is 0 Å². The molecule has 1 unspecified atom stereocenters. The molecule has 2 heteroatoms. The van der Waals surface area contributed by atoms with Gasteiger partial charge in [-0.2, -0.15) is 0 Å². The maximum Gasteiger partial charge on any atom is 0.0655 e. The zero-order valence-corrected chi connectivity index (χ0v) is 18.5. The second kappa shape index (κ2) is 6.73. The molecule has 0 radical (unpaired) electrons. The molecule has 2 atom stereocenters. The first-order valence-corrected chi connectivity index (χ1v) is 11.6. The fourth-order valence-electron chi connectivity index (χ4n) is 5.90. The highest BCUT2D eigenvalue weighted by Gasteiger charge is 2.46. The normalized spacial score (nSPS) is 21.0. The molecule has 0 fully saturated rings. The minimum Gasteiger partial charge on any atom is -0.333 e. The van der Waals surface area contributed by atoms with E-state index in [1.807, 2.05) is 0 Å². The third-order valence-electron chi connectivity index (χ3n) is 7.43. The van der Waals surface area contributed by atoms with Crippen LogP contribution in [-0.4, -0.2) is 10.6 Å². The molecule has 0 spiro atoms. The van der Waals surface area contributed by atoms with Crippen molar-refractivity contribution in [2.45, 2.75) is 18.4 Å². The van der Waals surface area contributed by atoms with E-state index < -0.39 is 0 Å². The van der Waals surface area contributed by atoms with Crippen LogP contribution in [0.3, 0.4) is 0 Å². The van der Waals surface area contributed by atoms with Crippen molar-refractivity contribution in [1.82, 2.24) is 4.57 Å². The number of para-hydroxylation sites is 3. The van der Waals surface area contributed by atoms with Crippen molar-refractivity contribution in [2.24, 2.45) is 0 Å². The van der Waals surface area contributed by atoms with Gasteiger partial charge in [0.15, 0.2) is 0 Å². The molecule has 0 N–H and O–H groups in total. The molecule has 2 nitrogen and oxygen atoms in total. The van der Waals surface area contributed by atoms with Crippen LogP contribution in [0.15, 0.2) is 121 Å². The second-order valence-electron chi connectivity index (χ2n) is 9.25. The first-order valence-electron chi connectivity index (χ1n) is 11.6. The van der Waals surface area contributed by atoms with Crippen LogP contribution < -0.4 is 4.90 Å². The van der Waals surface area contributed by atoms with Crippen molar-refractivity contribution in [3.05, 3.63) is 127 Å². The van der Waals surface area contributed by atoms with Gasteiger partial charge >= 0.3 is 0 Å². The van der Waals surface area contributed by atoms with Gasteiger partial charge in [-0.15, -0.1) is 0 Å². The molecular weight excluding hydrogens is 400 g/mol. The van der Waals surface area contributed by atoms with Crippen LogP contribution in [0.5, 0.6) is 0 Å². The Balaban J connectivity index is 1.46. The Kier molecular flexibility index (Phi) is 3.78. The Hall–Kier alpha value is -4.04. The Labute approximate surface area is 193 Å². The average molecular weight is 425 g/mol. The molecule has 1 aliphatic carbocycles. The summed E-state index contributed by atoms with van der Waals surface area (Å²) in [5.74, 6) is 0. The number of rotatable bonds is 2. The fourth-order valence-corrected chi connectivity index (χ4v) is 5.90. The van der Waals surface area contributed by atoms with Crippen LogP contribution in [0.25, 0.3) is 27.5 Å². The highest BCUT2D eigenvalue weighted by Crippen LogP contribution is 2.51. The summed E-state index contributed by atoms with van der Waals surface area (Å²) >= 11 is 0. The molecule has 0 saturated carbocycles. The standard InChI is InChI=1S/C31H24N2/c1-31-20-9-8-19-30(31)33(29-18-7-4-15-26(29)31)23-12-10-11-22(21-23)32-27-16-5-2-13-24(27)25-14-3-6-17-28(25)32/h2-21,30H,1H3/t30-,31?/m0/s1. The van der Waals surface area contributed by atoms with Gasteiger partial charge < -0.3 is 9.47 Å². The molecule has 7 rings (SSSR count).